The third-order valence-electron chi connectivity index (χ3n) is 3.91. The predicted molar refractivity (Wildman–Crippen MR) is 72.0 cm³/mol. The molecule has 0 aliphatic heterocycles. The normalized spacial score (nSPS) is 23.0. The van der Waals surface area contributed by atoms with Gasteiger partial charge >= 0.3 is 12.1 Å². The van der Waals surface area contributed by atoms with Gasteiger partial charge in [0.2, 0.25) is 0 Å². The molecule has 0 radical (unpaired) electrons. The molecule has 3 nitrogen and oxygen atoms in total. The molecule has 6 heteroatoms. The van der Waals surface area contributed by atoms with E-state index in [2.05, 4.69) is 5.32 Å². The highest BCUT2D eigenvalue weighted by Gasteiger charge is 2.41. The first-order valence-electron chi connectivity index (χ1n) is 6.98. The molecule has 1 fully saturated rings. The number of nitrogens with one attached hydrogen (secondary N) is 1. The van der Waals surface area contributed by atoms with Gasteiger partial charge in [-0.25, -0.2) is 4.79 Å². The molecule has 1 aliphatic carbocycles. The van der Waals surface area contributed by atoms with Crippen molar-refractivity contribution >= 4 is 5.97 Å². The van der Waals surface area contributed by atoms with Crippen molar-refractivity contribution < 1.29 is 23.1 Å². The number of carbonyl (C=O) groups is 1. The molecule has 2 N–H and O–H groups in total. The lowest BCUT2D eigenvalue weighted by Gasteiger charge is -2.31. The van der Waals surface area contributed by atoms with E-state index in [0.717, 1.165) is 12.0 Å². The van der Waals surface area contributed by atoms with Crippen LogP contribution < -0.4 is 5.32 Å². The quantitative estimate of drug-likeness (QED) is 0.893. The molecule has 2 rings (SSSR count). The summed E-state index contributed by atoms with van der Waals surface area (Å²) in [5.74, 6) is -2.24. The van der Waals surface area contributed by atoms with Crippen molar-refractivity contribution in [2.45, 2.75) is 44.4 Å². The summed E-state index contributed by atoms with van der Waals surface area (Å²) in [7, 11) is 0. The summed E-state index contributed by atoms with van der Waals surface area (Å²) >= 11 is 0. The largest absolute Gasteiger partial charge is 0.478 e. The molecule has 1 saturated carbocycles. The fourth-order valence-electron chi connectivity index (χ4n) is 2.75. The number of aromatic carboxylic acids is 1. The van der Waals surface area contributed by atoms with E-state index >= 15 is 0 Å². The van der Waals surface area contributed by atoms with Crippen molar-refractivity contribution in [3.8, 4) is 0 Å². The van der Waals surface area contributed by atoms with E-state index in [0.29, 0.717) is 13.0 Å². The van der Waals surface area contributed by atoms with Crippen LogP contribution in [0.3, 0.4) is 0 Å². The predicted octanol–water partition coefficient (Wildman–Crippen LogP) is 3.60. The highest BCUT2D eigenvalue weighted by Crippen LogP contribution is 2.37. The van der Waals surface area contributed by atoms with Gasteiger partial charge in [0.05, 0.1) is 11.5 Å². The standard InChI is InChI=1S/C15H18F3NO2/c16-15(17,18)12-5-2-6-13(8-12)19-9-10-3-1-4-11(7-10)14(20)21/h1,3-4,7,12-13,19H,2,5-6,8-9H2,(H,20,21). The smallest absolute Gasteiger partial charge is 0.391 e. The minimum atomic E-state index is -4.12. The summed E-state index contributed by atoms with van der Waals surface area (Å²) in [5, 5.41) is 12.0. The van der Waals surface area contributed by atoms with Crippen LogP contribution in [0.2, 0.25) is 0 Å². The molecule has 0 aromatic heterocycles. The molecule has 2 unspecified atom stereocenters. The molecule has 0 amide bonds. The molecule has 1 aromatic rings. The second-order valence-electron chi connectivity index (χ2n) is 5.49. The monoisotopic (exact) mass is 301 g/mol. The van der Waals surface area contributed by atoms with Gasteiger partial charge in [0.25, 0.3) is 0 Å². The summed E-state index contributed by atoms with van der Waals surface area (Å²) in [4.78, 5) is 10.9. The van der Waals surface area contributed by atoms with Gasteiger partial charge in [0.1, 0.15) is 0 Å². The maximum atomic E-state index is 12.7. The Morgan fingerprint density at radius 3 is 2.76 bits per heavy atom. The topological polar surface area (TPSA) is 49.3 Å². The number of hydrogen-bond donors (Lipinski definition) is 2. The molecule has 0 heterocycles. The Labute approximate surface area is 121 Å². The van der Waals surface area contributed by atoms with E-state index in [1.165, 1.54) is 6.07 Å². The first kappa shape index (κ1) is 15.8. The average molecular weight is 301 g/mol. The molecule has 0 saturated heterocycles. The molecule has 0 spiro atoms. The summed E-state index contributed by atoms with van der Waals surface area (Å²) < 4.78 is 38.2. The van der Waals surface area contributed by atoms with Gasteiger partial charge < -0.3 is 10.4 Å². The maximum absolute atomic E-state index is 12.7. The molecule has 2 atom stereocenters. The molecular formula is C15H18F3NO2. The van der Waals surface area contributed by atoms with Crippen molar-refractivity contribution in [2.24, 2.45) is 5.92 Å². The Hall–Kier alpha value is -1.56. The van der Waals surface area contributed by atoms with Gasteiger partial charge in [-0.05, 0) is 37.0 Å². The number of alkyl halides is 3. The van der Waals surface area contributed by atoms with Crippen LogP contribution in [0.1, 0.15) is 41.6 Å². The first-order valence-corrected chi connectivity index (χ1v) is 6.98. The number of rotatable bonds is 4. The lowest BCUT2D eigenvalue weighted by atomic mass is 9.85. The van der Waals surface area contributed by atoms with E-state index in [-0.39, 0.29) is 24.4 Å². The fraction of sp³-hybridized carbons (Fsp3) is 0.533. The SMILES string of the molecule is O=C(O)c1cccc(CNC2CCCC(C(F)(F)F)C2)c1. The molecule has 0 bridgehead atoms. The second kappa shape index (κ2) is 6.47. The summed E-state index contributed by atoms with van der Waals surface area (Å²) in [5.41, 5.74) is 0.954. The van der Waals surface area contributed by atoms with Crippen molar-refractivity contribution in [3.05, 3.63) is 35.4 Å². The van der Waals surface area contributed by atoms with Crippen molar-refractivity contribution in [1.29, 1.82) is 0 Å². The van der Waals surface area contributed by atoms with Crippen LogP contribution in [0.4, 0.5) is 13.2 Å². The third-order valence-corrected chi connectivity index (χ3v) is 3.91. The number of halogens is 3. The summed E-state index contributed by atoms with van der Waals surface area (Å²) in [6.45, 7) is 0.385. The number of hydrogen-bond acceptors (Lipinski definition) is 2. The molecule has 1 aromatic carbocycles. The lowest BCUT2D eigenvalue weighted by molar-refractivity contribution is -0.183. The Balaban J connectivity index is 1.91. The van der Waals surface area contributed by atoms with Crippen LogP contribution in [0.25, 0.3) is 0 Å². The van der Waals surface area contributed by atoms with Crippen molar-refractivity contribution in [3.63, 3.8) is 0 Å². The van der Waals surface area contributed by atoms with Crippen LogP contribution in [0.15, 0.2) is 24.3 Å². The Bertz CT molecular complexity index is 502. The zero-order chi connectivity index (χ0) is 15.5. The fourth-order valence-corrected chi connectivity index (χ4v) is 2.75. The van der Waals surface area contributed by atoms with Gasteiger partial charge in [0.15, 0.2) is 0 Å². The minimum absolute atomic E-state index is 0.0993. The number of benzene rings is 1. The summed E-state index contributed by atoms with van der Waals surface area (Å²) in [6.07, 6.45) is -2.52. The van der Waals surface area contributed by atoms with Crippen molar-refractivity contribution in [2.75, 3.05) is 0 Å². The van der Waals surface area contributed by atoms with Crippen LogP contribution >= 0.6 is 0 Å². The number of carboxylic acids is 1. The molecule has 1 aliphatic rings. The van der Waals surface area contributed by atoms with E-state index in [4.69, 9.17) is 5.11 Å². The Morgan fingerprint density at radius 1 is 1.33 bits per heavy atom. The maximum Gasteiger partial charge on any atom is 0.391 e. The first-order chi connectivity index (χ1) is 9.86. The van der Waals surface area contributed by atoms with E-state index in [1.54, 1.807) is 18.2 Å². The van der Waals surface area contributed by atoms with Gasteiger partial charge in [-0.3, -0.25) is 0 Å². The van der Waals surface area contributed by atoms with Crippen LogP contribution in [-0.2, 0) is 6.54 Å². The second-order valence-corrected chi connectivity index (χ2v) is 5.49. The van der Waals surface area contributed by atoms with Gasteiger partial charge in [-0.2, -0.15) is 13.2 Å². The van der Waals surface area contributed by atoms with Crippen LogP contribution in [0.5, 0.6) is 0 Å². The van der Waals surface area contributed by atoms with Gasteiger partial charge in [-0.15, -0.1) is 0 Å². The van der Waals surface area contributed by atoms with E-state index in [1.807, 2.05) is 0 Å². The van der Waals surface area contributed by atoms with Gasteiger partial charge in [-0.1, -0.05) is 18.6 Å². The zero-order valence-electron chi connectivity index (χ0n) is 11.5. The lowest BCUT2D eigenvalue weighted by Crippen LogP contribution is -2.38. The molecule has 116 valence electrons. The van der Waals surface area contributed by atoms with Gasteiger partial charge in [0, 0.05) is 12.6 Å². The zero-order valence-corrected chi connectivity index (χ0v) is 11.5. The Morgan fingerprint density at radius 2 is 2.10 bits per heavy atom. The summed E-state index contributed by atoms with van der Waals surface area (Å²) in [6, 6.07) is 6.27. The van der Waals surface area contributed by atoms with E-state index in [9.17, 15) is 18.0 Å². The van der Waals surface area contributed by atoms with Crippen molar-refractivity contribution in [1.82, 2.24) is 5.32 Å². The van der Waals surface area contributed by atoms with Crippen LogP contribution in [-0.4, -0.2) is 23.3 Å². The minimum Gasteiger partial charge on any atom is -0.478 e. The Kier molecular flexibility index (Phi) is 4.88. The number of carboxylic acid groups (broad SMARTS) is 1. The average Bonchev–Trinajstić information content (AvgIpc) is 2.45. The highest BCUT2D eigenvalue weighted by atomic mass is 19.4. The third kappa shape index (κ3) is 4.46. The molecular weight excluding hydrogens is 283 g/mol. The van der Waals surface area contributed by atoms with Crippen LogP contribution in [0, 0.1) is 5.92 Å². The van der Waals surface area contributed by atoms with E-state index < -0.39 is 18.1 Å². The molecule has 21 heavy (non-hydrogen) atoms. The highest BCUT2D eigenvalue weighted by molar-refractivity contribution is 5.87.